The summed E-state index contributed by atoms with van der Waals surface area (Å²) >= 11 is 3.28. The molecule has 0 aliphatic carbocycles. The molecule has 12 nitrogen and oxygen atoms in total. The minimum Gasteiger partial charge on any atom is -0.739 e. The third kappa shape index (κ3) is 6.80. The second-order valence-electron chi connectivity index (χ2n) is 8.65. The van der Waals surface area contributed by atoms with Crippen LogP contribution in [0.1, 0.15) is 19.3 Å². The minimum absolute atomic E-state index is 0.0227. The number of aromatic nitrogens is 3. The number of likely N-dealkylation sites (tertiary alicyclic amines) is 1. The van der Waals surface area contributed by atoms with Gasteiger partial charge < -0.3 is 19.6 Å². The van der Waals surface area contributed by atoms with E-state index in [-0.39, 0.29) is 42.0 Å². The quantitative estimate of drug-likeness (QED) is 0.153. The van der Waals surface area contributed by atoms with E-state index in [4.69, 9.17) is 9.47 Å². The molecule has 0 spiro atoms. The highest BCUT2D eigenvalue weighted by Crippen LogP contribution is 2.16. The predicted octanol–water partition coefficient (Wildman–Crippen LogP) is 0.380. The Hall–Kier alpha value is -3.03. The number of fused-ring (bicyclic) bond motifs is 1. The van der Waals surface area contributed by atoms with Crippen LogP contribution in [0, 0.1) is 5.21 Å². The molecule has 2 saturated heterocycles. The fraction of sp³-hybridized carbons (Fsp3) is 0.522. The number of ether oxygens (including phenoxy) is 2. The molecule has 3 heterocycles. The summed E-state index contributed by atoms with van der Waals surface area (Å²) in [4.78, 5) is 29.3. The number of nitrogens with one attached hydrogen (secondary N) is 1. The number of halogens is 1. The minimum atomic E-state index is -0.406. The fourth-order valence-corrected chi connectivity index (χ4v) is 4.49. The summed E-state index contributed by atoms with van der Waals surface area (Å²) in [5.41, 5.74) is 0.458. The van der Waals surface area contributed by atoms with Gasteiger partial charge in [0.25, 0.3) is 0 Å². The Morgan fingerprint density at radius 1 is 1.25 bits per heavy atom. The summed E-state index contributed by atoms with van der Waals surface area (Å²) in [6.45, 7) is 5.10. The van der Waals surface area contributed by atoms with Crippen molar-refractivity contribution in [1.82, 2.24) is 14.9 Å². The van der Waals surface area contributed by atoms with Gasteiger partial charge >= 0.3 is 17.4 Å². The molecule has 1 aromatic heterocycles. The maximum Gasteiger partial charge on any atom is 0.464 e. The lowest BCUT2D eigenvalue weighted by atomic mass is 10.1. The molecule has 2 fully saturated rings. The van der Waals surface area contributed by atoms with Crippen LogP contribution >= 0.6 is 15.9 Å². The maximum absolute atomic E-state index is 12.5. The summed E-state index contributed by atoms with van der Waals surface area (Å²) in [5, 5.41) is 29.1. The molecule has 0 saturated carbocycles. The molecule has 36 heavy (non-hydrogen) atoms. The highest BCUT2D eigenvalue weighted by Gasteiger charge is 2.26. The van der Waals surface area contributed by atoms with Crippen molar-refractivity contribution >= 4 is 44.8 Å². The second kappa shape index (κ2) is 12.3. The molecule has 0 unspecified atom stereocenters. The van der Waals surface area contributed by atoms with Crippen molar-refractivity contribution in [3.8, 4) is 0 Å². The van der Waals surface area contributed by atoms with Crippen molar-refractivity contribution in [2.24, 2.45) is 0 Å². The number of hydrogen-bond acceptors (Lipinski definition) is 9. The van der Waals surface area contributed by atoms with Crippen LogP contribution in [-0.2, 0) is 19.1 Å². The number of morpholine rings is 1. The Labute approximate surface area is 216 Å². The molecule has 2 aliphatic heterocycles. The molecule has 4 rings (SSSR count). The van der Waals surface area contributed by atoms with E-state index in [1.54, 1.807) is 29.2 Å². The number of benzene rings is 1. The van der Waals surface area contributed by atoms with Crippen LogP contribution < -0.4 is 14.9 Å². The fourth-order valence-electron chi connectivity index (χ4n) is 4.14. The number of piperidine rings is 1. The highest BCUT2D eigenvalue weighted by atomic mass is 79.9. The van der Waals surface area contributed by atoms with Gasteiger partial charge in [0.15, 0.2) is 5.52 Å². The first-order chi connectivity index (χ1) is 17.4. The van der Waals surface area contributed by atoms with Crippen molar-refractivity contribution < 1.29 is 33.8 Å². The number of amides is 1. The summed E-state index contributed by atoms with van der Waals surface area (Å²) < 4.78 is 12.1. The van der Waals surface area contributed by atoms with E-state index >= 15 is 0 Å². The zero-order chi connectivity index (χ0) is 25.5. The number of carbonyl (C=O) groups excluding carboxylic acids is 2. The molecule has 2 N–H and O–H groups in total. The Balaban J connectivity index is 1.17. The van der Waals surface area contributed by atoms with Crippen molar-refractivity contribution in [3.63, 3.8) is 0 Å². The maximum atomic E-state index is 12.5. The van der Waals surface area contributed by atoms with E-state index in [9.17, 15) is 20.0 Å². The summed E-state index contributed by atoms with van der Waals surface area (Å²) in [5.74, 6) is -0.565. The first-order valence-corrected chi connectivity index (χ1v) is 12.7. The van der Waals surface area contributed by atoms with Crippen molar-refractivity contribution in [3.05, 3.63) is 40.0 Å². The Morgan fingerprint density at radius 3 is 2.75 bits per heavy atom. The molecule has 13 heteroatoms. The molecule has 2 aromatic rings. The Morgan fingerprint density at radius 2 is 2.00 bits per heavy atom. The van der Waals surface area contributed by atoms with E-state index in [0.29, 0.717) is 40.0 Å². The SMILES string of the molecule is O=C(CCNc1n[n+](O)c2cc(Br)ccc2[n+]1[O-])OC1CCN(C(=O)/C=C/CN2CCOCC2)CC1. The summed E-state index contributed by atoms with van der Waals surface area (Å²) in [7, 11) is 0. The summed E-state index contributed by atoms with van der Waals surface area (Å²) in [6.07, 6.45) is 4.44. The molecule has 0 bridgehead atoms. The van der Waals surface area contributed by atoms with Gasteiger partial charge in [-0.25, -0.2) is 9.94 Å². The van der Waals surface area contributed by atoms with Crippen molar-refractivity contribution in [1.29, 1.82) is 0 Å². The van der Waals surface area contributed by atoms with Crippen LogP contribution in [0.3, 0.4) is 0 Å². The molecule has 0 atom stereocenters. The number of nitrogens with zero attached hydrogens (tertiary/aromatic N) is 5. The summed E-state index contributed by atoms with van der Waals surface area (Å²) in [6, 6.07) is 4.80. The van der Waals surface area contributed by atoms with Crippen LogP contribution in [0.15, 0.2) is 34.8 Å². The third-order valence-corrected chi connectivity index (χ3v) is 6.64. The Bertz CT molecular complexity index is 1120. The standard InChI is InChI=1S/C23H30BrN6O6/c24-17-3-4-19-20(16-17)30(34)26-23(29(19)33)25-8-5-22(32)36-18-6-10-28(11-7-18)21(31)2-1-9-27-12-14-35-15-13-27/h1-4,16,18H,5-15H2,(H2,25,26,34)/q+1/b2-1+. The number of hydrogen-bond donors (Lipinski definition) is 2. The van der Waals surface area contributed by atoms with Crippen LogP contribution in [0.4, 0.5) is 5.95 Å². The second-order valence-corrected chi connectivity index (χ2v) is 9.56. The first-order valence-electron chi connectivity index (χ1n) is 11.9. The van der Waals surface area contributed by atoms with Gasteiger partial charge in [0, 0.05) is 62.2 Å². The lowest BCUT2D eigenvalue weighted by Gasteiger charge is -2.31. The lowest BCUT2D eigenvalue weighted by Crippen LogP contribution is -2.46. The number of rotatable bonds is 8. The molecule has 2 aliphatic rings. The zero-order valence-electron chi connectivity index (χ0n) is 19.8. The van der Waals surface area contributed by atoms with Crippen molar-refractivity contribution in [2.75, 3.05) is 57.8 Å². The van der Waals surface area contributed by atoms with Crippen LogP contribution in [0.25, 0.3) is 11.0 Å². The molecular weight excluding hydrogens is 536 g/mol. The number of anilines is 1. The van der Waals surface area contributed by atoms with E-state index < -0.39 is 5.97 Å². The van der Waals surface area contributed by atoms with Crippen LogP contribution in [0.5, 0.6) is 0 Å². The van der Waals surface area contributed by atoms with Crippen LogP contribution in [0.2, 0.25) is 0 Å². The lowest BCUT2D eigenvalue weighted by molar-refractivity contribution is -0.933. The molecule has 0 radical (unpaired) electrons. The van der Waals surface area contributed by atoms with E-state index in [1.165, 1.54) is 0 Å². The smallest absolute Gasteiger partial charge is 0.464 e. The Kier molecular flexibility index (Phi) is 8.88. The van der Waals surface area contributed by atoms with E-state index in [1.807, 2.05) is 6.08 Å². The molecular formula is C23H30BrN6O6+. The van der Waals surface area contributed by atoms with Gasteiger partial charge in [-0.2, -0.15) is 0 Å². The average molecular weight is 566 g/mol. The van der Waals surface area contributed by atoms with E-state index in [2.05, 4.69) is 31.2 Å². The van der Waals surface area contributed by atoms with Crippen LogP contribution in [-0.4, -0.2) is 90.6 Å². The number of carbonyl (C=O) groups is 2. The van der Waals surface area contributed by atoms with Gasteiger partial charge in [-0.1, -0.05) is 22.0 Å². The van der Waals surface area contributed by atoms with Crippen molar-refractivity contribution in [2.45, 2.75) is 25.4 Å². The van der Waals surface area contributed by atoms with Gasteiger partial charge in [-0.15, -0.1) is 0 Å². The van der Waals surface area contributed by atoms with Gasteiger partial charge in [0.2, 0.25) is 15.9 Å². The van der Waals surface area contributed by atoms with Gasteiger partial charge in [-0.3, -0.25) is 19.8 Å². The normalized spacial score (nSPS) is 17.5. The average Bonchev–Trinajstić information content (AvgIpc) is 2.88. The largest absolute Gasteiger partial charge is 0.739 e. The third-order valence-electron chi connectivity index (χ3n) is 6.15. The first kappa shape index (κ1) is 26.0. The van der Waals surface area contributed by atoms with E-state index in [0.717, 1.165) is 32.8 Å². The topological polar surface area (TPSA) is 135 Å². The predicted molar refractivity (Wildman–Crippen MR) is 131 cm³/mol. The zero-order valence-corrected chi connectivity index (χ0v) is 21.4. The molecule has 1 amide bonds. The molecule has 194 valence electrons. The van der Waals surface area contributed by atoms with Gasteiger partial charge in [0.05, 0.1) is 26.2 Å². The highest BCUT2D eigenvalue weighted by molar-refractivity contribution is 9.10. The molecule has 1 aromatic carbocycles. The van der Waals surface area contributed by atoms with Gasteiger partial charge in [0.1, 0.15) is 6.10 Å². The van der Waals surface area contributed by atoms with Gasteiger partial charge in [-0.05, 0) is 12.1 Å². The monoisotopic (exact) mass is 565 g/mol. The number of esters is 1.